The van der Waals surface area contributed by atoms with Crippen molar-refractivity contribution in [1.29, 1.82) is 0 Å². The van der Waals surface area contributed by atoms with Crippen molar-refractivity contribution < 1.29 is 23.9 Å². The molecule has 3 N–H and O–H groups in total. The van der Waals surface area contributed by atoms with E-state index in [0.29, 0.717) is 5.52 Å². The standard InChI is InChI=1S/C16H18FN3O4/c1-9(16(23)24)20(7-6-18-10(2)21)15(22)14-8-11-12(17)4-3-5-13(11)19-14/h3-5,8-9,19H,6-7H2,1-2H3,(H,18,21)(H,23,24). The van der Waals surface area contributed by atoms with Crippen molar-refractivity contribution in [3.63, 3.8) is 0 Å². The van der Waals surface area contributed by atoms with Gasteiger partial charge < -0.3 is 20.3 Å². The first kappa shape index (κ1) is 17.5. The van der Waals surface area contributed by atoms with Crippen molar-refractivity contribution in [2.75, 3.05) is 13.1 Å². The molecule has 2 aromatic rings. The van der Waals surface area contributed by atoms with Crippen LogP contribution in [0.5, 0.6) is 0 Å². The third-order valence-electron chi connectivity index (χ3n) is 3.65. The van der Waals surface area contributed by atoms with Crippen LogP contribution in [0.15, 0.2) is 24.3 Å². The molecular formula is C16H18FN3O4. The SMILES string of the molecule is CC(=O)NCCN(C(=O)c1cc2c(F)cccc2[nH]1)C(C)C(=O)O. The number of carboxylic acids is 1. The van der Waals surface area contributed by atoms with E-state index in [1.807, 2.05) is 0 Å². The second-order valence-electron chi connectivity index (χ2n) is 5.38. The number of fused-ring (bicyclic) bond motifs is 1. The second-order valence-corrected chi connectivity index (χ2v) is 5.38. The van der Waals surface area contributed by atoms with E-state index in [0.717, 1.165) is 4.90 Å². The summed E-state index contributed by atoms with van der Waals surface area (Å²) in [5.41, 5.74) is 0.536. The third kappa shape index (κ3) is 3.70. The molecule has 24 heavy (non-hydrogen) atoms. The summed E-state index contributed by atoms with van der Waals surface area (Å²) >= 11 is 0. The summed E-state index contributed by atoms with van der Waals surface area (Å²) in [6.07, 6.45) is 0. The average Bonchev–Trinajstić information content (AvgIpc) is 2.95. The lowest BCUT2D eigenvalue weighted by Crippen LogP contribution is -2.46. The number of H-pyrrole nitrogens is 1. The van der Waals surface area contributed by atoms with Gasteiger partial charge in [-0.3, -0.25) is 9.59 Å². The first-order valence-electron chi connectivity index (χ1n) is 7.36. The van der Waals surface area contributed by atoms with Crippen LogP contribution in [0.3, 0.4) is 0 Å². The molecule has 1 aromatic carbocycles. The van der Waals surface area contributed by atoms with Crippen LogP contribution in [0.4, 0.5) is 4.39 Å². The van der Waals surface area contributed by atoms with Crippen molar-refractivity contribution in [2.45, 2.75) is 19.9 Å². The molecular weight excluding hydrogens is 317 g/mol. The van der Waals surface area contributed by atoms with Crippen LogP contribution in [-0.2, 0) is 9.59 Å². The van der Waals surface area contributed by atoms with Gasteiger partial charge in [-0.15, -0.1) is 0 Å². The second kappa shape index (κ2) is 7.12. The third-order valence-corrected chi connectivity index (χ3v) is 3.65. The Bertz CT molecular complexity index is 787. The lowest BCUT2D eigenvalue weighted by molar-refractivity contribution is -0.141. The molecule has 7 nitrogen and oxygen atoms in total. The van der Waals surface area contributed by atoms with E-state index in [1.165, 1.54) is 32.0 Å². The summed E-state index contributed by atoms with van der Waals surface area (Å²) < 4.78 is 13.8. The Morgan fingerprint density at radius 2 is 2.08 bits per heavy atom. The highest BCUT2D eigenvalue weighted by Crippen LogP contribution is 2.20. The van der Waals surface area contributed by atoms with Crippen LogP contribution >= 0.6 is 0 Å². The summed E-state index contributed by atoms with van der Waals surface area (Å²) in [5, 5.41) is 12.0. The number of hydrogen-bond donors (Lipinski definition) is 3. The van der Waals surface area contributed by atoms with E-state index in [2.05, 4.69) is 10.3 Å². The topological polar surface area (TPSA) is 103 Å². The Hall–Kier alpha value is -2.90. The number of carbonyl (C=O) groups excluding carboxylic acids is 2. The molecule has 0 aliphatic rings. The highest BCUT2D eigenvalue weighted by atomic mass is 19.1. The van der Waals surface area contributed by atoms with E-state index >= 15 is 0 Å². The van der Waals surface area contributed by atoms with Gasteiger partial charge in [0.1, 0.15) is 17.6 Å². The van der Waals surface area contributed by atoms with Gasteiger partial charge in [0.15, 0.2) is 0 Å². The molecule has 1 heterocycles. The molecule has 1 atom stereocenters. The van der Waals surface area contributed by atoms with E-state index in [1.54, 1.807) is 6.07 Å². The van der Waals surface area contributed by atoms with Gasteiger partial charge in [0.25, 0.3) is 5.91 Å². The normalized spacial score (nSPS) is 12.0. The highest BCUT2D eigenvalue weighted by Gasteiger charge is 2.27. The van der Waals surface area contributed by atoms with Crippen LogP contribution in [0.25, 0.3) is 10.9 Å². The van der Waals surface area contributed by atoms with Crippen molar-refractivity contribution >= 4 is 28.7 Å². The zero-order valence-corrected chi connectivity index (χ0v) is 13.3. The van der Waals surface area contributed by atoms with Gasteiger partial charge in [0.2, 0.25) is 5.91 Å². The van der Waals surface area contributed by atoms with Crippen LogP contribution in [0.2, 0.25) is 0 Å². The number of carboxylic acid groups (broad SMARTS) is 1. The van der Waals surface area contributed by atoms with Crippen LogP contribution < -0.4 is 5.32 Å². The van der Waals surface area contributed by atoms with Gasteiger partial charge >= 0.3 is 5.97 Å². The molecule has 2 rings (SSSR count). The number of hydrogen-bond acceptors (Lipinski definition) is 3. The van der Waals surface area contributed by atoms with Gasteiger partial charge in [-0.1, -0.05) is 6.07 Å². The minimum atomic E-state index is -1.17. The molecule has 0 aliphatic heterocycles. The van der Waals surface area contributed by atoms with E-state index in [4.69, 9.17) is 0 Å². The molecule has 0 fully saturated rings. The fourth-order valence-corrected chi connectivity index (χ4v) is 2.34. The maximum Gasteiger partial charge on any atom is 0.326 e. The molecule has 0 saturated heterocycles. The molecule has 0 saturated carbocycles. The summed E-state index contributed by atoms with van der Waals surface area (Å²) in [5.74, 6) is -2.50. The van der Waals surface area contributed by atoms with Crippen LogP contribution in [-0.4, -0.2) is 51.9 Å². The molecule has 2 amide bonds. The Morgan fingerprint density at radius 3 is 2.67 bits per heavy atom. The zero-order chi connectivity index (χ0) is 17.9. The number of halogens is 1. The lowest BCUT2D eigenvalue weighted by atomic mass is 10.2. The number of carbonyl (C=O) groups is 3. The van der Waals surface area contributed by atoms with Crippen LogP contribution in [0.1, 0.15) is 24.3 Å². The van der Waals surface area contributed by atoms with E-state index in [-0.39, 0.29) is 30.1 Å². The Kier molecular flexibility index (Phi) is 5.18. The molecule has 8 heteroatoms. The number of aromatic amines is 1. The summed E-state index contributed by atoms with van der Waals surface area (Å²) in [7, 11) is 0. The largest absolute Gasteiger partial charge is 0.480 e. The number of benzene rings is 1. The summed E-state index contributed by atoms with van der Waals surface area (Å²) in [6.45, 7) is 2.83. The smallest absolute Gasteiger partial charge is 0.326 e. The first-order chi connectivity index (χ1) is 11.3. The number of aromatic nitrogens is 1. The average molecular weight is 335 g/mol. The lowest BCUT2D eigenvalue weighted by Gasteiger charge is -2.26. The number of amides is 2. The van der Waals surface area contributed by atoms with Crippen molar-refractivity contribution in [3.05, 3.63) is 35.8 Å². The number of rotatable bonds is 6. The molecule has 128 valence electrons. The molecule has 1 aromatic heterocycles. The summed E-state index contributed by atoms with van der Waals surface area (Å²) in [4.78, 5) is 38.7. The van der Waals surface area contributed by atoms with Gasteiger partial charge in [-0.25, -0.2) is 9.18 Å². The van der Waals surface area contributed by atoms with E-state index in [9.17, 15) is 23.9 Å². The van der Waals surface area contributed by atoms with Crippen molar-refractivity contribution in [3.8, 4) is 0 Å². The number of nitrogens with one attached hydrogen (secondary N) is 2. The van der Waals surface area contributed by atoms with Gasteiger partial charge in [0, 0.05) is 30.9 Å². The maximum absolute atomic E-state index is 13.8. The van der Waals surface area contributed by atoms with Crippen molar-refractivity contribution in [1.82, 2.24) is 15.2 Å². The monoisotopic (exact) mass is 335 g/mol. The van der Waals surface area contributed by atoms with Gasteiger partial charge in [-0.2, -0.15) is 0 Å². The Balaban J connectivity index is 2.29. The number of aliphatic carboxylic acids is 1. The zero-order valence-electron chi connectivity index (χ0n) is 13.3. The molecule has 0 bridgehead atoms. The molecule has 1 unspecified atom stereocenters. The summed E-state index contributed by atoms with van der Waals surface area (Å²) in [6, 6.07) is 4.67. The van der Waals surface area contributed by atoms with Crippen molar-refractivity contribution in [2.24, 2.45) is 0 Å². The minimum absolute atomic E-state index is 0.0176. The first-order valence-corrected chi connectivity index (χ1v) is 7.36. The molecule has 0 spiro atoms. The number of nitrogens with zero attached hydrogens (tertiary/aromatic N) is 1. The van der Waals surface area contributed by atoms with Gasteiger partial charge in [-0.05, 0) is 25.1 Å². The predicted octanol–water partition coefficient (Wildman–Crippen LogP) is 1.36. The molecule has 0 aliphatic carbocycles. The fraction of sp³-hybridized carbons (Fsp3) is 0.312. The minimum Gasteiger partial charge on any atom is -0.480 e. The van der Waals surface area contributed by atoms with Crippen LogP contribution in [0, 0.1) is 5.82 Å². The van der Waals surface area contributed by atoms with Gasteiger partial charge in [0.05, 0.1) is 0 Å². The Labute approximate surface area is 137 Å². The predicted molar refractivity (Wildman–Crippen MR) is 85.1 cm³/mol. The maximum atomic E-state index is 13.8. The molecule has 0 radical (unpaired) electrons. The fourth-order valence-electron chi connectivity index (χ4n) is 2.34. The quantitative estimate of drug-likeness (QED) is 0.741. The highest BCUT2D eigenvalue weighted by molar-refractivity contribution is 5.99. The Morgan fingerprint density at radius 1 is 1.38 bits per heavy atom. The van der Waals surface area contributed by atoms with E-state index < -0.39 is 23.7 Å².